The Labute approximate surface area is 127 Å². The Morgan fingerprint density at radius 3 is 2.25 bits per heavy atom. The third-order valence-corrected chi connectivity index (χ3v) is 3.65. The molecule has 0 amide bonds. The molecule has 0 heterocycles. The van der Waals surface area contributed by atoms with E-state index in [1.807, 2.05) is 6.92 Å². The van der Waals surface area contributed by atoms with Crippen LogP contribution in [0.25, 0.3) is 0 Å². The van der Waals surface area contributed by atoms with E-state index in [1.165, 1.54) is 0 Å². The Hall–Kier alpha value is -0.900. The first-order valence-electron chi connectivity index (χ1n) is 7.14. The Morgan fingerprint density at radius 2 is 1.75 bits per heavy atom. The summed E-state index contributed by atoms with van der Waals surface area (Å²) in [5, 5.41) is 0.659. The fourth-order valence-electron chi connectivity index (χ4n) is 2.14. The molecule has 1 unspecified atom stereocenters. The number of ketones is 1. The van der Waals surface area contributed by atoms with Gasteiger partial charge < -0.3 is 4.90 Å². The number of nitrogens with zero attached hydrogens (tertiary/aromatic N) is 2. The van der Waals surface area contributed by atoms with E-state index in [1.54, 1.807) is 24.3 Å². The molecule has 4 heteroatoms. The molecule has 0 saturated heterocycles. The lowest BCUT2D eigenvalue weighted by Crippen LogP contribution is -2.43. The van der Waals surface area contributed by atoms with E-state index in [0.29, 0.717) is 5.02 Å². The summed E-state index contributed by atoms with van der Waals surface area (Å²) in [5.74, 6) is 0.161. The van der Waals surface area contributed by atoms with Gasteiger partial charge >= 0.3 is 0 Å². The van der Waals surface area contributed by atoms with Gasteiger partial charge in [-0.1, -0.05) is 18.5 Å². The van der Waals surface area contributed by atoms with Gasteiger partial charge in [0.15, 0.2) is 5.78 Å². The molecule has 0 spiro atoms. The topological polar surface area (TPSA) is 23.6 Å². The number of halogens is 1. The SMILES string of the molecule is CCCN(CCN(C)C)C(C)C(=O)c1ccc(Cl)cc1. The molecule has 20 heavy (non-hydrogen) atoms. The Balaban J connectivity index is 2.74. The van der Waals surface area contributed by atoms with Crippen molar-refractivity contribution in [2.24, 2.45) is 0 Å². The summed E-state index contributed by atoms with van der Waals surface area (Å²) in [6, 6.07) is 7.04. The molecule has 1 aromatic carbocycles. The minimum Gasteiger partial charge on any atom is -0.308 e. The van der Waals surface area contributed by atoms with E-state index in [0.717, 1.165) is 31.6 Å². The molecule has 1 rings (SSSR count). The number of hydrogen-bond donors (Lipinski definition) is 0. The van der Waals surface area contributed by atoms with Gasteiger partial charge in [-0.15, -0.1) is 0 Å². The van der Waals surface area contributed by atoms with Crippen LogP contribution in [0.1, 0.15) is 30.6 Å². The molecule has 0 aromatic heterocycles. The number of Topliss-reactive ketones (excluding diaryl/α,β-unsaturated/α-hetero) is 1. The summed E-state index contributed by atoms with van der Waals surface area (Å²) in [7, 11) is 4.10. The largest absolute Gasteiger partial charge is 0.308 e. The highest BCUT2D eigenvalue weighted by Crippen LogP contribution is 2.14. The lowest BCUT2D eigenvalue weighted by atomic mass is 10.0. The molecule has 0 saturated carbocycles. The number of rotatable bonds is 8. The van der Waals surface area contributed by atoms with E-state index in [2.05, 4.69) is 30.8 Å². The third kappa shape index (κ3) is 5.23. The van der Waals surface area contributed by atoms with Crippen LogP contribution in [0.5, 0.6) is 0 Å². The quantitative estimate of drug-likeness (QED) is 0.688. The molecule has 1 atom stereocenters. The molecule has 0 bridgehead atoms. The van der Waals surface area contributed by atoms with Crippen LogP contribution < -0.4 is 0 Å². The first-order valence-corrected chi connectivity index (χ1v) is 7.52. The van der Waals surface area contributed by atoms with E-state index in [4.69, 9.17) is 11.6 Å². The van der Waals surface area contributed by atoms with E-state index >= 15 is 0 Å². The standard InChI is InChI=1S/C16H25ClN2O/c1-5-10-19(12-11-18(3)4)13(2)16(20)14-6-8-15(17)9-7-14/h6-9,13H,5,10-12H2,1-4H3. The number of benzene rings is 1. The predicted octanol–water partition coefficient (Wildman–Crippen LogP) is 3.18. The van der Waals surface area contributed by atoms with E-state index in [9.17, 15) is 4.79 Å². The molecule has 3 nitrogen and oxygen atoms in total. The molecule has 0 fully saturated rings. The van der Waals surface area contributed by atoms with Crippen molar-refractivity contribution in [2.45, 2.75) is 26.3 Å². The second kappa shape index (κ2) is 8.40. The third-order valence-electron chi connectivity index (χ3n) is 3.40. The second-order valence-electron chi connectivity index (χ2n) is 5.39. The maximum absolute atomic E-state index is 12.5. The van der Waals surface area contributed by atoms with Crippen molar-refractivity contribution < 1.29 is 4.79 Å². The summed E-state index contributed by atoms with van der Waals surface area (Å²) >= 11 is 5.87. The Bertz CT molecular complexity index is 417. The van der Waals surface area contributed by atoms with Crippen molar-refractivity contribution in [3.05, 3.63) is 34.9 Å². The lowest BCUT2D eigenvalue weighted by Gasteiger charge is -2.29. The van der Waals surface area contributed by atoms with Crippen LogP contribution in [0.3, 0.4) is 0 Å². The van der Waals surface area contributed by atoms with Crippen LogP contribution in [-0.4, -0.2) is 55.4 Å². The van der Waals surface area contributed by atoms with Gasteiger partial charge in [0.1, 0.15) is 0 Å². The smallest absolute Gasteiger partial charge is 0.179 e. The minimum atomic E-state index is -0.101. The van der Waals surface area contributed by atoms with Crippen molar-refractivity contribution in [1.82, 2.24) is 9.80 Å². The molecule has 0 aliphatic heterocycles. The molecule has 0 aliphatic carbocycles. The van der Waals surface area contributed by atoms with Crippen molar-refractivity contribution in [1.29, 1.82) is 0 Å². The molecule has 1 aromatic rings. The van der Waals surface area contributed by atoms with Crippen LogP contribution in [0.4, 0.5) is 0 Å². The van der Waals surface area contributed by atoms with Gasteiger partial charge in [0.25, 0.3) is 0 Å². The minimum absolute atomic E-state index is 0.101. The zero-order valence-corrected chi connectivity index (χ0v) is 13.7. The Kier molecular flexibility index (Phi) is 7.20. The van der Waals surface area contributed by atoms with Gasteiger partial charge in [-0.2, -0.15) is 0 Å². The zero-order valence-electron chi connectivity index (χ0n) is 12.9. The van der Waals surface area contributed by atoms with Crippen LogP contribution in [-0.2, 0) is 0 Å². The zero-order chi connectivity index (χ0) is 15.1. The van der Waals surface area contributed by atoms with E-state index < -0.39 is 0 Å². The summed E-state index contributed by atoms with van der Waals surface area (Å²) in [6.45, 7) is 6.93. The summed E-state index contributed by atoms with van der Waals surface area (Å²) in [4.78, 5) is 16.9. The first-order chi connectivity index (χ1) is 9.45. The maximum atomic E-state index is 12.5. The fraction of sp³-hybridized carbons (Fsp3) is 0.562. The second-order valence-corrected chi connectivity index (χ2v) is 5.82. The normalized spacial score (nSPS) is 12.9. The lowest BCUT2D eigenvalue weighted by molar-refractivity contribution is 0.0828. The van der Waals surface area contributed by atoms with Gasteiger partial charge in [-0.05, 0) is 58.3 Å². The van der Waals surface area contributed by atoms with Crippen molar-refractivity contribution >= 4 is 17.4 Å². The number of hydrogen-bond acceptors (Lipinski definition) is 3. The summed E-state index contributed by atoms with van der Waals surface area (Å²) in [6.07, 6.45) is 1.05. The molecule has 0 radical (unpaired) electrons. The van der Waals surface area contributed by atoms with Crippen LogP contribution in [0.2, 0.25) is 5.02 Å². The number of likely N-dealkylation sites (N-methyl/N-ethyl adjacent to an activating group) is 1. The predicted molar refractivity (Wildman–Crippen MR) is 85.7 cm³/mol. The average Bonchev–Trinajstić information content (AvgIpc) is 2.42. The Morgan fingerprint density at radius 1 is 1.15 bits per heavy atom. The average molecular weight is 297 g/mol. The van der Waals surface area contributed by atoms with Gasteiger partial charge in [-0.25, -0.2) is 0 Å². The molecular formula is C16H25ClN2O. The summed E-state index contributed by atoms with van der Waals surface area (Å²) < 4.78 is 0. The molecular weight excluding hydrogens is 272 g/mol. The van der Waals surface area contributed by atoms with Gasteiger partial charge in [0.05, 0.1) is 6.04 Å². The highest BCUT2D eigenvalue weighted by atomic mass is 35.5. The van der Waals surface area contributed by atoms with Crippen LogP contribution in [0.15, 0.2) is 24.3 Å². The highest BCUT2D eigenvalue weighted by molar-refractivity contribution is 6.30. The first kappa shape index (κ1) is 17.2. The maximum Gasteiger partial charge on any atom is 0.179 e. The fourth-order valence-corrected chi connectivity index (χ4v) is 2.26. The van der Waals surface area contributed by atoms with Crippen LogP contribution in [0, 0.1) is 0 Å². The summed E-state index contributed by atoms with van der Waals surface area (Å²) in [5.41, 5.74) is 0.729. The van der Waals surface area contributed by atoms with Crippen molar-refractivity contribution in [3.63, 3.8) is 0 Å². The monoisotopic (exact) mass is 296 g/mol. The number of carbonyl (C=O) groups is 1. The molecule has 112 valence electrons. The molecule has 0 aliphatic rings. The van der Waals surface area contributed by atoms with Gasteiger partial charge in [0, 0.05) is 23.7 Å². The van der Waals surface area contributed by atoms with E-state index in [-0.39, 0.29) is 11.8 Å². The van der Waals surface area contributed by atoms with Crippen LogP contribution >= 0.6 is 11.6 Å². The van der Waals surface area contributed by atoms with Crippen molar-refractivity contribution in [3.8, 4) is 0 Å². The number of carbonyl (C=O) groups excluding carboxylic acids is 1. The van der Waals surface area contributed by atoms with Crippen molar-refractivity contribution in [2.75, 3.05) is 33.7 Å². The molecule has 0 N–H and O–H groups in total. The van der Waals surface area contributed by atoms with Gasteiger partial charge in [-0.3, -0.25) is 9.69 Å². The highest BCUT2D eigenvalue weighted by Gasteiger charge is 2.21. The van der Waals surface area contributed by atoms with Gasteiger partial charge in [0.2, 0.25) is 0 Å².